The summed E-state index contributed by atoms with van der Waals surface area (Å²) in [5, 5.41) is 0. The van der Waals surface area contributed by atoms with Crippen LogP contribution in [-0.4, -0.2) is 24.4 Å². The Morgan fingerprint density at radius 3 is 2.67 bits per heavy atom. The molecule has 0 aromatic carbocycles. The molecule has 0 rings (SSSR count). The fourth-order valence-corrected chi connectivity index (χ4v) is 0.503. The first-order chi connectivity index (χ1) is 4.22. The molecule has 0 aliphatic heterocycles. The van der Waals surface area contributed by atoms with E-state index >= 15 is 0 Å². The van der Waals surface area contributed by atoms with E-state index in [0.29, 0.717) is 6.54 Å². The van der Waals surface area contributed by atoms with Gasteiger partial charge >= 0.3 is 0 Å². The van der Waals surface area contributed by atoms with E-state index < -0.39 is 0 Å². The maximum absolute atomic E-state index is 10.7. The van der Waals surface area contributed by atoms with Crippen molar-refractivity contribution in [1.82, 2.24) is 4.90 Å². The molecule has 0 spiro atoms. The first-order valence-electron chi connectivity index (χ1n) is 2.89. The molecule has 9 heavy (non-hydrogen) atoms. The molecular formula is C7H12NO. The van der Waals surface area contributed by atoms with Crippen molar-refractivity contribution >= 4 is 5.91 Å². The van der Waals surface area contributed by atoms with E-state index in [-0.39, 0.29) is 5.91 Å². The van der Waals surface area contributed by atoms with Crippen LogP contribution in [0.1, 0.15) is 6.42 Å². The lowest BCUT2D eigenvalue weighted by atomic mass is 10.4. The monoisotopic (exact) mass is 126 g/mol. The third-order valence-corrected chi connectivity index (χ3v) is 1.04. The first-order valence-corrected chi connectivity index (χ1v) is 2.89. The SMILES string of the molecule is [CH2]CCN(C)C(=O)C=C. The highest BCUT2D eigenvalue weighted by molar-refractivity contribution is 5.86. The van der Waals surface area contributed by atoms with Gasteiger partial charge in [-0.25, -0.2) is 0 Å². The molecular weight excluding hydrogens is 114 g/mol. The van der Waals surface area contributed by atoms with Crippen LogP contribution in [0.25, 0.3) is 0 Å². The van der Waals surface area contributed by atoms with Crippen LogP contribution >= 0.6 is 0 Å². The van der Waals surface area contributed by atoms with Gasteiger partial charge in [0.15, 0.2) is 0 Å². The van der Waals surface area contributed by atoms with Crippen LogP contribution < -0.4 is 0 Å². The minimum Gasteiger partial charge on any atom is -0.342 e. The molecule has 0 heterocycles. The van der Waals surface area contributed by atoms with Crippen molar-refractivity contribution in [3.63, 3.8) is 0 Å². The van der Waals surface area contributed by atoms with Gasteiger partial charge in [-0.3, -0.25) is 4.79 Å². The molecule has 0 saturated heterocycles. The summed E-state index contributed by atoms with van der Waals surface area (Å²) in [7, 11) is 1.73. The van der Waals surface area contributed by atoms with Gasteiger partial charge in [-0.15, -0.1) is 0 Å². The summed E-state index contributed by atoms with van der Waals surface area (Å²) in [4.78, 5) is 12.3. The number of amides is 1. The Bertz CT molecular complexity index is 109. The molecule has 0 fully saturated rings. The summed E-state index contributed by atoms with van der Waals surface area (Å²) in [6, 6.07) is 0. The molecule has 1 radical (unpaired) electrons. The van der Waals surface area contributed by atoms with Gasteiger partial charge in [0.25, 0.3) is 0 Å². The second kappa shape index (κ2) is 4.13. The predicted octanol–water partition coefficient (Wildman–Crippen LogP) is 0.855. The summed E-state index contributed by atoms with van der Waals surface area (Å²) >= 11 is 0. The molecule has 0 aliphatic rings. The highest BCUT2D eigenvalue weighted by atomic mass is 16.2. The second-order valence-corrected chi connectivity index (χ2v) is 1.82. The number of hydrogen-bond acceptors (Lipinski definition) is 1. The zero-order chi connectivity index (χ0) is 7.28. The van der Waals surface area contributed by atoms with Crippen LogP contribution in [0.15, 0.2) is 12.7 Å². The largest absolute Gasteiger partial charge is 0.342 e. The maximum Gasteiger partial charge on any atom is 0.245 e. The molecule has 0 atom stereocenters. The van der Waals surface area contributed by atoms with Crippen molar-refractivity contribution in [3.8, 4) is 0 Å². The fourth-order valence-electron chi connectivity index (χ4n) is 0.503. The second-order valence-electron chi connectivity index (χ2n) is 1.82. The third-order valence-electron chi connectivity index (χ3n) is 1.04. The van der Waals surface area contributed by atoms with Crippen LogP contribution in [0, 0.1) is 6.92 Å². The number of carbonyl (C=O) groups is 1. The maximum atomic E-state index is 10.7. The topological polar surface area (TPSA) is 20.3 Å². The van der Waals surface area contributed by atoms with E-state index in [9.17, 15) is 4.79 Å². The fraction of sp³-hybridized carbons (Fsp3) is 0.429. The molecule has 0 aromatic heterocycles. The highest BCUT2D eigenvalue weighted by Gasteiger charge is 1.99. The average molecular weight is 126 g/mol. The summed E-state index contributed by atoms with van der Waals surface area (Å²) in [5.41, 5.74) is 0. The van der Waals surface area contributed by atoms with Crippen molar-refractivity contribution < 1.29 is 4.79 Å². The summed E-state index contributed by atoms with van der Waals surface area (Å²) in [6.45, 7) is 7.67. The molecule has 0 bridgehead atoms. The Kier molecular flexibility index (Phi) is 3.76. The molecule has 2 heteroatoms. The van der Waals surface area contributed by atoms with Crippen molar-refractivity contribution in [2.24, 2.45) is 0 Å². The standard InChI is InChI=1S/C7H12NO/c1-4-6-8(3)7(9)5-2/h5H,1-2,4,6H2,3H3. The number of likely N-dealkylation sites (N-methyl/N-ethyl adjacent to an activating group) is 1. The summed E-state index contributed by atoms with van der Waals surface area (Å²) in [5.74, 6) is -0.0429. The first kappa shape index (κ1) is 8.21. The smallest absolute Gasteiger partial charge is 0.245 e. The van der Waals surface area contributed by atoms with Crippen LogP contribution in [0.3, 0.4) is 0 Å². The quantitative estimate of drug-likeness (QED) is 0.513. The minimum absolute atomic E-state index is 0.0429. The van der Waals surface area contributed by atoms with E-state index in [1.54, 1.807) is 11.9 Å². The molecule has 0 aliphatic carbocycles. The van der Waals surface area contributed by atoms with E-state index in [0.717, 1.165) is 6.42 Å². The normalized spacial score (nSPS) is 8.67. The molecule has 0 saturated carbocycles. The van der Waals surface area contributed by atoms with E-state index in [2.05, 4.69) is 13.5 Å². The van der Waals surface area contributed by atoms with Crippen molar-refractivity contribution in [3.05, 3.63) is 19.6 Å². The molecule has 0 unspecified atom stereocenters. The van der Waals surface area contributed by atoms with Gasteiger partial charge in [0, 0.05) is 13.6 Å². The molecule has 2 nitrogen and oxygen atoms in total. The van der Waals surface area contributed by atoms with E-state index in [1.165, 1.54) is 6.08 Å². The lowest BCUT2D eigenvalue weighted by molar-refractivity contribution is -0.124. The van der Waals surface area contributed by atoms with Gasteiger partial charge in [-0.1, -0.05) is 13.5 Å². The molecule has 0 aromatic rings. The Hall–Kier alpha value is -0.790. The number of nitrogens with zero attached hydrogens (tertiary/aromatic N) is 1. The van der Waals surface area contributed by atoms with Crippen LogP contribution in [0.4, 0.5) is 0 Å². The zero-order valence-electron chi connectivity index (χ0n) is 5.76. The lowest BCUT2D eigenvalue weighted by Gasteiger charge is -2.12. The predicted molar refractivity (Wildman–Crippen MR) is 37.8 cm³/mol. The summed E-state index contributed by atoms with van der Waals surface area (Å²) in [6.07, 6.45) is 2.05. The van der Waals surface area contributed by atoms with Crippen molar-refractivity contribution in [2.45, 2.75) is 6.42 Å². The Labute approximate surface area is 56.2 Å². The van der Waals surface area contributed by atoms with Gasteiger partial charge in [0.2, 0.25) is 5.91 Å². The van der Waals surface area contributed by atoms with Crippen LogP contribution in [-0.2, 0) is 4.79 Å². The van der Waals surface area contributed by atoms with Crippen molar-refractivity contribution in [1.29, 1.82) is 0 Å². The summed E-state index contributed by atoms with van der Waals surface area (Å²) < 4.78 is 0. The number of carbonyl (C=O) groups excluding carboxylic acids is 1. The van der Waals surface area contributed by atoms with Gasteiger partial charge in [-0.2, -0.15) is 0 Å². The molecule has 51 valence electrons. The van der Waals surface area contributed by atoms with E-state index in [1.807, 2.05) is 0 Å². The Morgan fingerprint density at radius 2 is 2.33 bits per heavy atom. The zero-order valence-corrected chi connectivity index (χ0v) is 5.76. The van der Waals surface area contributed by atoms with Crippen LogP contribution in [0.2, 0.25) is 0 Å². The molecule has 1 amide bonds. The average Bonchev–Trinajstić information content (AvgIpc) is 1.87. The lowest BCUT2D eigenvalue weighted by Crippen LogP contribution is -2.25. The van der Waals surface area contributed by atoms with Gasteiger partial charge in [0.05, 0.1) is 0 Å². The Morgan fingerprint density at radius 1 is 1.78 bits per heavy atom. The van der Waals surface area contributed by atoms with Crippen molar-refractivity contribution in [2.75, 3.05) is 13.6 Å². The van der Waals surface area contributed by atoms with Gasteiger partial charge in [-0.05, 0) is 12.5 Å². The highest BCUT2D eigenvalue weighted by Crippen LogP contribution is 1.86. The van der Waals surface area contributed by atoms with Crippen LogP contribution in [0.5, 0.6) is 0 Å². The van der Waals surface area contributed by atoms with Gasteiger partial charge < -0.3 is 4.90 Å². The van der Waals surface area contributed by atoms with Gasteiger partial charge in [0.1, 0.15) is 0 Å². The molecule has 0 N–H and O–H groups in total. The third kappa shape index (κ3) is 2.90. The minimum atomic E-state index is -0.0429. The number of hydrogen-bond donors (Lipinski definition) is 0. The Balaban J connectivity index is 3.58. The van der Waals surface area contributed by atoms with E-state index in [4.69, 9.17) is 0 Å². The number of rotatable bonds is 3.